The zero-order chi connectivity index (χ0) is 87.0. The van der Waals surface area contributed by atoms with Crippen molar-refractivity contribution in [2.75, 3.05) is 105 Å². The monoisotopic (exact) mass is 1740 g/mol. The Morgan fingerprint density at radius 1 is 0.496 bits per heavy atom. The lowest BCUT2D eigenvalue weighted by Crippen LogP contribution is -2.41. The highest BCUT2D eigenvalue weighted by molar-refractivity contribution is 7.10. The van der Waals surface area contributed by atoms with Crippen molar-refractivity contribution in [3.8, 4) is 41.9 Å². The maximum absolute atomic E-state index is 13.0. The second-order valence-electron chi connectivity index (χ2n) is 30.3. The molecule has 28 nitrogen and oxygen atoms in total. The van der Waals surface area contributed by atoms with Gasteiger partial charge in [-0.2, -0.15) is 0 Å². The molecule has 5 aromatic heterocycles. The van der Waals surface area contributed by atoms with Crippen molar-refractivity contribution >= 4 is 75.3 Å². The molecule has 2 amide bonds. The molecule has 0 saturated heterocycles. The fourth-order valence-electron chi connectivity index (χ4n) is 15.1. The number of nitrogens with zero attached hydrogens (tertiary/aromatic N) is 12. The van der Waals surface area contributed by atoms with E-state index in [0.717, 1.165) is 152 Å². The fourth-order valence-corrected chi connectivity index (χ4v) is 17.2. The molecular weight excluding hydrogens is 1620 g/mol. The van der Waals surface area contributed by atoms with Gasteiger partial charge < -0.3 is 43.8 Å². The summed E-state index contributed by atoms with van der Waals surface area (Å²) in [7, 11) is 0. The van der Waals surface area contributed by atoms with E-state index in [1.54, 1.807) is 21.8 Å². The average molecular weight is 1740 g/mol. The number of thiophene rings is 3. The number of azide groups is 1. The van der Waals surface area contributed by atoms with E-state index in [-0.39, 0.29) is 146 Å². The second-order valence-corrected chi connectivity index (χ2v) is 33.4. The summed E-state index contributed by atoms with van der Waals surface area (Å²) in [5.41, 5.74) is 16.7. The van der Waals surface area contributed by atoms with Crippen LogP contribution in [0.1, 0.15) is 157 Å². The second kappa shape index (κ2) is 55.2. The van der Waals surface area contributed by atoms with Crippen molar-refractivity contribution in [2.45, 2.75) is 200 Å². The summed E-state index contributed by atoms with van der Waals surface area (Å²) in [6.45, 7) is 14.6. The van der Waals surface area contributed by atoms with Crippen LogP contribution in [0.2, 0.25) is 0 Å². The summed E-state index contributed by atoms with van der Waals surface area (Å²) in [4.78, 5) is 99.9. The average Bonchev–Trinajstić information content (AvgIpc) is 1.46. The van der Waals surface area contributed by atoms with Crippen LogP contribution in [0.5, 0.6) is 17.2 Å². The van der Waals surface area contributed by atoms with E-state index in [4.69, 9.17) is 51.5 Å². The first-order valence-electron chi connectivity index (χ1n) is 42.9. The normalized spacial score (nSPS) is 14.4. The number of ketones is 2. The van der Waals surface area contributed by atoms with Gasteiger partial charge in [-0.15, -0.1) is 63.0 Å². The molecule has 0 unspecified atom stereocenters. The van der Waals surface area contributed by atoms with Gasteiger partial charge in [-0.1, -0.05) is 96.8 Å². The number of Topliss-reactive ketones (excluding diaryl/α,β-unsaturated/α-hetero) is 2. The van der Waals surface area contributed by atoms with Crippen LogP contribution in [0.15, 0.2) is 125 Å². The minimum Gasteiger partial charge on any atom is -0.426 e. The van der Waals surface area contributed by atoms with Crippen LogP contribution in [-0.2, 0) is 136 Å². The van der Waals surface area contributed by atoms with Gasteiger partial charge in [0, 0.05) is 95.7 Å². The summed E-state index contributed by atoms with van der Waals surface area (Å²) in [6.07, 6.45) is 30.4. The summed E-state index contributed by atoms with van der Waals surface area (Å²) in [5, 5.41) is 31.6. The molecule has 11 rings (SSSR count). The first-order valence-corrected chi connectivity index (χ1v) is 45.5. The molecule has 0 radical (unpaired) electrons. The van der Waals surface area contributed by atoms with Crippen LogP contribution in [0, 0.1) is 24.7 Å². The molecule has 0 spiro atoms. The molecule has 123 heavy (non-hydrogen) atoms. The number of esters is 3. The van der Waals surface area contributed by atoms with Crippen molar-refractivity contribution in [1.82, 2.24) is 55.3 Å². The Hall–Kier alpha value is -10.1. The van der Waals surface area contributed by atoms with E-state index in [2.05, 4.69) is 159 Å². The largest absolute Gasteiger partial charge is 0.426 e. The number of carbonyl (C=O) groups is 7. The van der Waals surface area contributed by atoms with Crippen molar-refractivity contribution in [3.63, 3.8) is 0 Å². The van der Waals surface area contributed by atoms with Crippen LogP contribution in [0.4, 0.5) is 0 Å². The van der Waals surface area contributed by atoms with Gasteiger partial charge in [0.1, 0.15) is 49.4 Å². The quantitative estimate of drug-likeness (QED) is 0.00680. The molecule has 3 aromatic carbocycles. The minimum absolute atomic E-state index is 0.0222. The first kappa shape index (κ1) is 96.7. The third-order valence-corrected chi connectivity index (χ3v) is 24.0. The van der Waals surface area contributed by atoms with Gasteiger partial charge in [0.05, 0.1) is 83.8 Å². The highest BCUT2D eigenvalue weighted by Crippen LogP contribution is 2.36. The molecular formula is C92H118N14O14S3. The molecule has 658 valence electrons. The SMILES string of the molecule is C#CCCC(=O)COCCOCC(=O)NCC#C.CCCN(CCc1cccs1)[C@H]1CCc2c(cccc2OC(=O)CCN=[N+]=[N-])C1.CCCN(CCc1cccs1)[C@H]1CCc2c(cccc2OC(=O)CCn2cc(CCC(=O)COCCOCC(=O)NCc3cn(CCC(=O)Oc4cccc5c4CC[C@H](N(CCC)CCc4cccs4)C5)nn3)nn2)C1. The maximum atomic E-state index is 13.0. The van der Waals surface area contributed by atoms with E-state index in [1.165, 1.54) is 31.3 Å². The van der Waals surface area contributed by atoms with E-state index in [0.29, 0.717) is 72.6 Å². The van der Waals surface area contributed by atoms with Crippen molar-refractivity contribution in [1.29, 1.82) is 0 Å². The minimum atomic E-state index is -0.350. The van der Waals surface area contributed by atoms with Gasteiger partial charge >= 0.3 is 17.9 Å². The first-order chi connectivity index (χ1) is 60.1. The van der Waals surface area contributed by atoms with Gasteiger partial charge in [-0.25, -0.2) is 0 Å². The Balaban J connectivity index is 0.000000296. The Morgan fingerprint density at radius 2 is 0.902 bits per heavy atom. The standard InChI is InChI=1S/C57H73N9O8S2.C22H28N4O2S.C13H17NO4/c1-3-25-63(27-21-49-11-7-33-75-49)46-16-19-51-42(35-46)9-5-13-53(51)73-56(69)23-29-65-38-44(59-61-65)15-18-48(67)40-71-31-32-72-41-55(68)58-37-45-39-66(62-60-45)30-24-57(70)74-54-14-6-10-43-36-47(17-20-52(43)54)64(26-4-2)28-22-50-12-8-34-76-50;1-2-13-26(14-11-19-6-4-15-29-19)18-8-9-20-17(16-18)5-3-7-21(20)28-22(27)10-12-24-25-23;1-3-5-6-12(15)10-17-8-9-18-11-13(16)14-7-4-2/h5-14,33-34,38-39,46-47H,3-4,15-32,35-37,40-41H2,1-2H3,(H,58,68);3-7,15,18H,2,8-14,16H2,1H3;1-2H,5-11H2,(H,14,16)/t46-,47-;18-;/m00./s1. The molecule has 2 N–H and O–H groups in total. The van der Waals surface area contributed by atoms with Crippen LogP contribution in [0.25, 0.3) is 10.4 Å². The molecule has 0 aliphatic heterocycles. The molecule has 3 aliphatic rings. The number of rotatable bonds is 52. The lowest BCUT2D eigenvalue weighted by Gasteiger charge is -2.35. The van der Waals surface area contributed by atoms with Crippen molar-refractivity contribution in [3.05, 3.63) is 189 Å². The van der Waals surface area contributed by atoms with Gasteiger partial charge in [0.15, 0.2) is 11.6 Å². The number of aromatic nitrogens is 6. The van der Waals surface area contributed by atoms with Crippen molar-refractivity contribution < 1.29 is 66.7 Å². The number of fused-ring (bicyclic) bond motifs is 3. The van der Waals surface area contributed by atoms with E-state index >= 15 is 0 Å². The zero-order valence-electron chi connectivity index (χ0n) is 71.2. The number of hydrogen-bond donors (Lipinski definition) is 2. The van der Waals surface area contributed by atoms with E-state index in [9.17, 15) is 33.6 Å². The zero-order valence-corrected chi connectivity index (χ0v) is 73.7. The van der Waals surface area contributed by atoms with E-state index < -0.39 is 0 Å². The lowest BCUT2D eigenvalue weighted by atomic mass is 9.86. The molecule has 0 fully saturated rings. The number of amides is 2. The number of benzene rings is 3. The molecule has 0 bridgehead atoms. The van der Waals surface area contributed by atoms with Gasteiger partial charge in [0.2, 0.25) is 11.8 Å². The van der Waals surface area contributed by atoms with Gasteiger partial charge in [0.25, 0.3) is 0 Å². The van der Waals surface area contributed by atoms with Gasteiger partial charge in [-0.3, -0.25) is 57.6 Å². The van der Waals surface area contributed by atoms with Crippen molar-refractivity contribution in [2.24, 2.45) is 5.11 Å². The number of hydrogen-bond acceptors (Lipinski definition) is 25. The van der Waals surface area contributed by atoms with Crippen LogP contribution < -0.4 is 24.8 Å². The topological polar surface area (TPSA) is 328 Å². The Morgan fingerprint density at radius 3 is 1.31 bits per heavy atom. The summed E-state index contributed by atoms with van der Waals surface area (Å²) in [6, 6.07) is 32.5. The smallest absolute Gasteiger partial charge is 0.313 e. The maximum Gasteiger partial charge on any atom is 0.313 e. The Labute approximate surface area is 734 Å². The Bertz CT molecular complexity index is 4470. The molecule has 8 aromatic rings. The number of nitrogens with one attached hydrogen (secondary N) is 2. The lowest BCUT2D eigenvalue weighted by molar-refractivity contribution is -0.135. The summed E-state index contributed by atoms with van der Waals surface area (Å²) >= 11 is 5.47. The van der Waals surface area contributed by atoms with Gasteiger partial charge in [-0.05, 0) is 207 Å². The molecule has 3 aliphatic carbocycles. The fraction of sp³-hybridized carbons (Fsp3) is 0.511. The number of terminal acetylenes is 2. The summed E-state index contributed by atoms with van der Waals surface area (Å²) < 4.78 is 41.5. The third-order valence-electron chi connectivity index (χ3n) is 21.2. The number of ether oxygens (including phenoxy) is 7. The highest BCUT2D eigenvalue weighted by atomic mass is 32.1. The molecule has 3 atom stereocenters. The predicted octanol–water partition coefficient (Wildman–Crippen LogP) is 12.4. The van der Waals surface area contributed by atoms with E-state index in [1.807, 2.05) is 70.4 Å². The molecule has 0 saturated carbocycles. The number of carbonyl (C=O) groups excluding carboxylic acids is 7. The van der Waals surface area contributed by atoms with Crippen LogP contribution >= 0.6 is 34.0 Å². The molecule has 31 heteroatoms. The summed E-state index contributed by atoms with van der Waals surface area (Å²) in [5.74, 6) is 4.82. The predicted molar refractivity (Wildman–Crippen MR) is 475 cm³/mol. The third kappa shape index (κ3) is 34.8. The van der Waals surface area contributed by atoms with Crippen LogP contribution in [0.3, 0.4) is 0 Å². The van der Waals surface area contributed by atoms with Crippen LogP contribution in [-0.4, -0.2) is 209 Å². The molecule has 5 heterocycles. The Kier molecular flexibility index (Phi) is 43.4. The number of aryl methyl sites for hydroxylation is 3. The highest BCUT2D eigenvalue weighted by Gasteiger charge is 2.31.